The van der Waals surface area contributed by atoms with Crippen molar-refractivity contribution in [1.29, 1.82) is 0 Å². The van der Waals surface area contributed by atoms with Crippen molar-refractivity contribution in [3.8, 4) is 0 Å². The lowest BCUT2D eigenvalue weighted by Crippen LogP contribution is -2.49. The van der Waals surface area contributed by atoms with Gasteiger partial charge in [-0.05, 0) is 20.8 Å². The molecule has 7 nitrogen and oxygen atoms in total. The highest BCUT2D eigenvalue weighted by molar-refractivity contribution is 7.93. The maximum Gasteiger partial charge on any atom is 0.318 e. The molecule has 0 spiro atoms. The zero-order valence-corrected chi connectivity index (χ0v) is 12.5. The number of nitrogens with zero attached hydrogens (tertiary/aromatic N) is 1. The Morgan fingerprint density at radius 3 is 1.83 bits per heavy atom. The van der Waals surface area contributed by atoms with E-state index in [2.05, 4.69) is 0 Å². The van der Waals surface area contributed by atoms with Crippen molar-refractivity contribution in [2.75, 3.05) is 24.3 Å². The molecule has 108 valence electrons. The molecule has 0 aromatic heterocycles. The number of carbonyl (C=O) groups is 1. The monoisotopic (exact) mass is 301 g/mol. The third kappa shape index (κ3) is 6.31. The summed E-state index contributed by atoms with van der Waals surface area (Å²) in [7, 11) is -7.35. The molecule has 0 atom stereocenters. The van der Waals surface area contributed by atoms with E-state index in [0.29, 0.717) is 0 Å². The summed E-state index contributed by atoms with van der Waals surface area (Å²) >= 11 is 0. The number of sulfonamides is 1. The minimum Gasteiger partial charge on any atom is -0.480 e. The first-order valence-corrected chi connectivity index (χ1v) is 8.83. The summed E-state index contributed by atoms with van der Waals surface area (Å²) in [6.45, 7) is 3.96. The van der Waals surface area contributed by atoms with E-state index < -0.39 is 49.4 Å². The van der Waals surface area contributed by atoms with Crippen LogP contribution in [0.5, 0.6) is 0 Å². The van der Waals surface area contributed by atoms with Gasteiger partial charge >= 0.3 is 5.97 Å². The van der Waals surface area contributed by atoms with Gasteiger partial charge < -0.3 is 5.11 Å². The largest absolute Gasteiger partial charge is 0.480 e. The zero-order valence-electron chi connectivity index (χ0n) is 10.9. The van der Waals surface area contributed by atoms with E-state index in [0.717, 1.165) is 10.6 Å². The Kier molecular flexibility index (Phi) is 5.33. The van der Waals surface area contributed by atoms with Gasteiger partial charge in [0.25, 0.3) is 0 Å². The molecule has 0 saturated carbocycles. The van der Waals surface area contributed by atoms with Gasteiger partial charge in [0.05, 0.1) is 11.5 Å². The Bertz CT molecular complexity index is 500. The maximum absolute atomic E-state index is 12.0. The smallest absolute Gasteiger partial charge is 0.318 e. The fraction of sp³-hybridized carbons (Fsp3) is 0.889. The van der Waals surface area contributed by atoms with E-state index in [1.807, 2.05) is 0 Å². The van der Waals surface area contributed by atoms with E-state index in [1.165, 1.54) is 0 Å². The first-order chi connectivity index (χ1) is 7.76. The van der Waals surface area contributed by atoms with Gasteiger partial charge in [-0.15, -0.1) is 0 Å². The first kappa shape index (κ1) is 17.3. The normalized spacial score (nSPS) is 13.8. The van der Waals surface area contributed by atoms with Crippen molar-refractivity contribution in [3.05, 3.63) is 0 Å². The van der Waals surface area contributed by atoms with Crippen LogP contribution in [-0.4, -0.2) is 62.1 Å². The number of hydrogen-bond acceptors (Lipinski definition) is 5. The number of sulfone groups is 1. The van der Waals surface area contributed by atoms with Crippen molar-refractivity contribution >= 4 is 25.8 Å². The number of aliphatic carboxylic acids is 1. The highest BCUT2D eigenvalue weighted by atomic mass is 32.2. The molecule has 1 N–H and O–H groups in total. The number of carboxylic acids is 1. The summed E-state index contributed by atoms with van der Waals surface area (Å²) in [5.41, 5.74) is -0.922. The fourth-order valence-electron chi connectivity index (χ4n) is 1.24. The van der Waals surface area contributed by atoms with Crippen LogP contribution in [0.1, 0.15) is 20.8 Å². The minimum absolute atomic E-state index is 0.526. The molecule has 9 heteroatoms. The Morgan fingerprint density at radius 1 is 1.11 bits per heavy atom. The van der Waals surface area contributed by atoms with Crippen LogP contribution in [0.2, 0.25) is 0 Å². The highest BCUT2D eigenvalue weighted by Gasteiger charge is 2.34. The molecule has 0 aromatic rings. The van der Waals surface area contributed by atoms with Gasteiger partial charge in [0.2, 0.25) is 10.0 Å². The molecule has 0 radical (unpaired) electrons. The van der Waals surface area contributed by atoms with Crippen molar-refractivity contribution in [2.45, 2.75) is 26.3 Å². The number of carboxylic acid groups (broad SMARTS) is 1. The lowest BCUT2D eigenvalue weighted by molar-refractivity contribution is -0.138. The van der Waals surface area contributed by atoms with E-state index in [4.69, 9.17) is 5.11 Å². The molecule has 0 rings (SSSR count). The van der Waals surface area contributed by atoms with Crippen LogP contribution in [0, 0.1) is 0 Å². The number of hydrogen-bond donors (Lipinski definition) is 1. The average molecular weight is 301 g/mol. The Hall–Kier alpha value is -0.670. The summed E-state index contributed by atoms with van der Waals surface area (Å²) in [4.78, 5) is 10.7. The lowest BCUT2D eigenvalue weighted by atomic mass is 10.1. The Balaban J connectivity index is 5.17. The Labute approximate surface area is 108 Å². The van der Waals surface area contributed by atoms with Crippen LogP contribution in [-0.2, 0) is 24.7 Å². The van der Waals surface area contributed by atoms with Crippen molar-refractivity contribution in [3.63, 3.8) is 0 Å². The van der Waals surface area contributed by atoms with Crippen LogP contribution in [0.4, 0.5) is 0 Å². The van der Waals surface area contributed by atoms with Crippen LogP contribution >= 0.6 is 0 Å². The van der Waals surface area contributed by atoms with Gasteiger partial charge in [0, 0.05) is 11.8 Å². The van der Waals surface area contributed by atoms with Gasteiger partial charge in [-0.3, -0.25) is 4.79 Å². The Morgan fingerprint density at radius 2 is 1.56 bits per heavy atom. The van der Waals surface area contributed by atoms with E-state index >= 15 is 0 Å². The van der Waals surface area contributed by atoms with Gasteiger partial charge in [-0.1, -0.05) is 0 Å². The molecule has 0 aliphatic carbocycles. The second-order valence-electron chi connectivity index (χ2n) is 5.02. The third-order valence-electron chi connectivity index (χ3n) is 2.07. The second-order valence-corrected chi connectivity index (χ2v) is 9.29. The molecule has 0 unspecified atom stereocenters. The first-order valence-electron chi connectivity index (χ1n) is 5.16. The maximum atomic E-state index is 12.0. The predicted molar refractivity (Wildman–Crippen MR) is 67.6 cm³/mol. The summed E-state index contributed by atoms with van der Waals surface area (Å²) in [6, 6.07) is 0. The predicted octanol–water partition coefficient (Wildman–Crippen LogP) is -0.454. The topological polar surface area (TPSA) is 109 Å². The van der Waals surface area contributed by atoms with Crippen LogP contribution in [0.15, 0.2) is 0 Å². The van der Waals surface area contributed by atoms with Crippen molar-refractivity contribution in [2.24, 2.45) is 0 Å². The molecule has 0 saturated heterocycles. The molecule has 0 aliphatic rings. The SMILES string of the molecule is CC(C)(C)N(CC(=O)O)S(=O)(=O)CCS(C)(=O)=O. The summed E-state index contributed by atoms with van der Waals surface area (Å²) in [6.07, 6.45) is 0.932. The molecule has 18 heavy (non-hydrogen) atoms. The van der Waals surface area contributed by atoms with Crippen LogP contribution in [0.3, 0.4) is 0 Å². The number of rotatable bonds is 6. The molecular formula is C9H19NO6S2. The quantitative estimate of drug-likeness (QED) is 0.711. The van der Waals surface area contributed by atoms with Gasteiger partial charge in [-0.25, -0.2) is 16.8 Å². The standard InChI is InChI=1S/C9H19NO6S2/c1-9(2,3)10(7-8(11)12)18(15,16)6-5-17(4,13)14/h5-7H2,1-4H3,(H,11,12). The average Bonchev–Trinajstić information content (AvgIpc) is 2.08. The van der Waals surface area contributed by atoms with E-state index in [1.54, 1.807) is 20.8 Å². The van der Waals surface area contributed by atoms with Crippen molar-refractivity contribution < 1.29 is 26.7 Å². The summed E-state index contributed by atoms with van der Waals surface area (Å²) < 4.78 is 46.7. The molecule has 0 amide bonds. The molecular weight excluding hydrogens is 282 g/mol. The molecule has 0 aromatic carbocycles. The lowest BCUT2D eigenvalue weighted by Gasteiger charge is -2.33. The zero-order chi connectivity index (χ0) is 14.8. The summed E-state index contributed by atoms with van der Waals surface area (Å²) in [5.74, 6) is -2.43. The third-order valence-corrected chi connectivity index (χ3v) is 5.35. The van der Waals surface area contributed by atoms with Crippen LogP contribution in [0.25, 0.3) is 0 Å². The minimum atomic E-state index is -3.93. The van der Waals surface area contributed by atoms with Crippen molar-refractivity contribution in [1.82, 2.24) is 4.31 Å². The molecule has 0 aliphatic heterocycles. The van der Waals surface area contributed by atoms with E-state index in [9.17, 15) is 21.6 Å². The molecule has 0 fully saturated rings. The van der Waals surface area contributed by atoms with Gasteiger partial charge in [0.15, 0.2) is 0 Å². The fourth-order valence-corrected chi connectivity index (χ4v) is 4.66. The van der Waals surface area contributed by atoms with E-state index in [-0.39, 0.29) is 0 Å². The summed E-state index contributed by atoms with van der Waals surface area (Å²) in [5, 5.41) is 8.71. The van der Waals surface area contributed by atoms with Gasteiger partial charge in [0.1, 0.15) is 16.4 Å². The molecule has 0 heterocycles. The van der Waals surface area contributed by atoms with Gasteiger partial charge in [-0.2, -0.15) is 4.31 Å². The molecule has 0 bridgehead atoms. The van der Waals surface area contributed by atoms with Crippen LogP contribution < -0.4 is 0 Å². The second kappa shape index (κ2) is 5.54. The highest BCUT2D eigenvalue weighted by Crippen LogP contribution is 2.18.